The highest BCUT2D eigenvalue weighted by molar-refractivity contribution is 6.32. The number of aliphatic hydroxyl groups excluding tert-OH is 1. The Morgan fingerprint density at radius 1 is 1.00 bits per heavy atom. The smallest absolute Gasteiger partial charge is 0.161 e. The average molecular weight is 483 g/mol. The summed E-state index contributed by atoms with van der Waals surface area (Å²) < 4.78 is 0. The summed E-state index contributed by atoms with van der Waals surface area (Å²) in [6.45, 7) is 3.95. The standard InChI is InChI=1S/C30H27ClN2O2/c1-18-11-14-20(15-12-18)26-27-24(9-6-10-25(27)34)33(22-16-13-19(2)23(31)17-22)30(32)28(26)29(35)21-7-4-3-5-8-21/h3-5,7-8,11-17,26,32,35H,6,9-10H2,1-2H3/b29-28+,32-30?/t26-/m0/s1. The van der Waals surface area contributed by atoms with Gasteiger partial charge in [-0.3, -0.25) is 15.1 Å². The summed E-state index contributed by atoms with van der Waals surface area (Å²) in [5, 5.41) is 21.6. The van der Waals surface area contributed by atoms with Crippen molar-refractivity contribution in [1.29, 1.82) is 5.41 Å². The Morgan fingerprint density at radius 2 is 1.71 bits per heavy atom. The summed E-state index contributed by atoms with van der Waals surface area (Å²) in [6.07, 6.45) is 1.86. The van der Waals surface area contributed by atoms with Gasteiger partial charge in [0.1, 0.15) is 11.6 Å². The molecule has 0 radical (unpaired) electrons. The van der Waals surface area contributed by atoms with Crippen molar-refractivity contribution in [2.45, 2.75) is 39.0 Å². The van der Waals surface area contributed by atoms with Gasteiger partial charge in [-0.15, -0.1) is 0 Å². The van der Waals surface area contributed by atoms with E-state index < -0.39 is 5.92 Å². The number of nitrogens with one attached hydrogen (secondary N) is 1. The summed E-state index contributed by atoms with van der Waals surface area (Å²) in [5.41, 5.74) is 6.16. The molecule has 2 N–H and O–H groups in total. The van der Waals surface area contributed by atoms with E-state index >= 15 is 0 Å². The largest absolute Gasteiger partial charge is 0.507 e. The van der Waals surface area contributed by atoms with E-state index in [2.05, 4.69) is 0 Å². The van der Waals surface area contributed by atoms with Crippen molar-refractivity contribution < 1.29 is 9.90 Å². The van der Waals surface area contributed by atoms with Gasteiger partial charge in [0.15, 0.2) is 5.78 Å². The van der Waals surface area contributed by atoms with E-state index in [0.717, 1.165) is 28.8 Å². The number of Topliss-reactive ketones (excluding diaryl/α,β-unsaturated/α-hetero) is 1. The van der Waals surface area contributed by atoms with E-state index in [4.69, 9.17) is 11.6 Å². The lowest BCUT2D eigenvalue weighted by molar-refractivity contribution is -0.116. The van der Waals surface area contributed by atoms with Crippen molar-refractivity contribution in [2.24, 2.45) is 0 Å². The lowest BCUT2D eigenvalue weighted by atomic mass is 9.73. The fourth-order valence-corrected chi connectivity index (χ4v) is 5.22. The van der Waals surface area contributed by atoms with Crippen molar-refractivity contribution >= 4 is 34.7 Å². The number of halogens is 1. The van der Waals surface area contributed by atoms with E-state index in [1.807, 2.05) is 86.6 Å². The van der Waals surface area contributed by atoms with E-state index in [-0.39, 0.29) is 17.4 Å². The van der Waals surface area contributed by atoms with Gasteiger partial charge in [0, 0.05) is 45.5 Å². The number of rotatable bonds is 3. The molecule has 0 fully saturated rings. The van der Waals surface area contributed by atoms with Crippen LogP contribution in [0.5, 0.6) is 0 Å². The van der Waals surface area contributed by atoms with E-state index in [0.29, 0.717) is 40.3 Å². The molecular formula is C30H27ClN2O2. The van der Waals surface area contributed by atoms with Crippen molar-refractivity contribution in [3.8, 4) is 0 Å². The Hall–Kier alpha value is -3.63. The Bertz CT molecular complexity index is 1390. The van der Waals surface area contributed by atoms with Crippen LogP contribution in [-0.4, -0.2) is 16.7 Å². The summed E-state index contributed by atoms with van der Waals surface area (Å²) >= 11 is 6.48. The third-order valence-electron chi connectivity index (χ3n) is 6.88. The quantitative estimate of drug-likeness (QED) is 0.379. The molecule has 35 heavy (non-hydrogen) atoms. The number of hydrogen-bond donors (Lipinski definition) is 2. The van der Waals surface area contributed by atoms with Gasteiger partial charge in [0.05, 0.1) is 0 Å². The zero-order chi connectivity index (χ0) is 24.7. The molecule has 0 saturated carbocycles. The molecule has 1 aliphatic carbocycles. The molecule has 5 heteroatoms. The Morgan fingerprint density at radius 3 is 2.40 bits per heavy atom. The monoisotopic (exact) mass is 482 g/mol. The zero-order valence-electron chi connectivity index (χ0n) is 19.8. The molecule has 0 saturated heterocycles. The molecule has 1 heterocycles. The van der Waals surface area contributed by atoms with Crippen LogP contribution in [0, 0.1) is 19.3 Å². The van der Waals surface area contributed by atoms with Crippen LogP contribution in [0.15, 0.2) is 89.6 Å². The Kier molecular flexibility index (Phi) is 6.08. The minimum Gasteiger partial charge on any atom is -0.507 e. The number of allylic oxidation sites excluding steroid dienone is 2. The number of anilines is 1. The first-order valence-corrected chi connectivity index (χ1v) is 12.2. The fourth-order valence-electron chi connectivity index (χ4n) is 5.04. The third-order valence-corrected chi connectivity index (χ3v) is 7.29. The minimum atomic E-state index is -0.525. The molecule has 0 bridgehead atoms. The SMILES string of the molecule is Cc1ccc([C@H]2C3=C(CCCC3=O)N(c3ccc(C)c(Cl)c3)C(=N)/C2=C(/O)c2ccccc2)cc1. The highest BCUT2D eigenvalue weighted by Crippen LogP contribution is 2.48. The highest BCUT2D eigenvalue weighted by atomic mass is 35.5. The Labute approximate surface area is 210 Å². The molecule has 176 valence electrons. The van der Waals surface area contributed by atoms with Crippen LogP contribution >= 0.6 is 11.6 Å². The third kappa shape index (κ3) is 4.08. The van der Waals surface area contributed by atoms with Crippen LogP contribution in [-0.2, 0) is 4.79 Å². The number of aliphatic hydroxyl groups is 1. The normalized spacial score (nSPS) is 19.6. The number of carbonyl (C=O) groups is 1. The first kappa shape index (κ1) is 23.1. The molecule has 0 unspecified atom stereocenters. The molecule has 0 aromatic heterocycles. The molecule has 5 rings (SSSR count). The van der Waals surface area contributed by atoms with Gasteiger partial charge in [0.2, 0.25) is 0 Å². The van der Waals surface area contributed by atoms with Gasteiger partial charge in [-0.2, -0.15) is 0 Å². The topological polar surface area (TPSA) is 64.4 Å². The molecule has 2 aliphatic rings. The van der Waals surface area contributed by atoms with Crippen LogP contribution in [0.1, 0.15) is 47.4 Å². The lowest BCUT2D eigenvalue weighted by Crippen LogP contribution is -2.42. The van der Waals surface area contributed by atoms with Crippen molar-refractivity contribution in [3.05, 3.63) is 117 Å². The maximum Gasteiger partial charge on any atom is 0.161 e. The zero-order valence-corrected chi connectivity index (χ0v) is 20.6. The number of carbonyl (C=O) groups excluding carboxylic acids is 1. The van der Waals surface area contributed by atoms with Crippen LogP contribution in [0.3, 0.4) is 0 Å². The van der Waals surface area contributed by atoms with Crippen molar-refractivity contribution in [1.82, 2.24) is 0 Å². The molecule has 4 nitrogen and oxygen atoms in total. The molecule has 1 atom stereocenters. The van der Waals surface area contributed by atoms with Gasteiger partial charge in [-0.25, -0.2) is 0 Å². The van der Waals surface area contributed by atoms with Crippen LogP contribution in [0.4, 0.5) is 5.69 Å². The van der Waals surface area contributed by atoms with Crippen molar-refractivity contribution in [2.75, 3.05) is 4.90 Å². The number of benzene rings is 3. The van der Waals surface area contributed by atoms with Gasteiger partial charge in [0.25, 0.3) is 0 Å². The second-order valence-corrected chi connectivity index (χ2v) is 9.63. The molecule has 0 spiro atoms. The lowest BCUT2D eigenvalue weighted by Gasteiger charge is -2.42. The van der Waals surface area contributed by atoms with Crippen LogP contribution < -0.4 is 4.90 Å². The summed E-state index contributed by atoms with van der Waals surface area (Å²) in [4.78, 5) is 15.3. The second-order valence-electron chi connectivity index (χ2n) is 9.23. The number of ketones is 1. The van der Waals surface area contributed by atoms with Gasteiger partial charge < -0.3 is 5.11 Å². The second kappa shape index (κ2) is 9.20. The number of hydrogen-bond acceptors (Lipinski definition) is 3. The number of aryl methyl sites for hydroxylation is 2. The maximum atomic E-state index is 13.5. The average Bonchev–Trinajstić information content (AvgIpc) is 2.86. The van der Waals surface area contributed by atoms with E-state index in [1.54, 1.807) is 4.90 Å². The van der Waals surface area contributed by atoms with Crippen LogP contribution in [0.2, 0.25) is 5.02 Å². The molecule has 3 aromatic rings. The minimum absolute atomic E-state index is 0.00862. The van der Waals surface area contributed by atoms with Crippen LogP contribution in [0.25, 0.3) is 5.76 Å². The summed E-state index contributed by atoms with van der Waals surface area (Å²) in [6, 6.07) is 22.9. The van der Waals surface area contributed by atoms with Crippen molar-refractivity contribution in [3.63, 3.8) is 0 Å². The number of nitrogens with zero attached hydrogens (tertiary/aromatic N) is 1. The van der Waals surface area contributed by atoms with E-state index in [9.17, 15) is 15.3 Å². The summed E-state index contributed by atoms with van der Waals surface area (Å²) in [7, 11) is 0. The van der Waals surface area contributed by atoms with Gasteiger partial charge >= 0.3 is 0 Å². The molecule has 1 aliphatic heterocycles. The Balaban J connectivity index is 1.83. The molecular weight excluding hydrogens is 456 g/mol. The molecule has 0 amide bonds. The molecule has 3 aromatic carbocycles. The maximum absolute atomic E-state index is 13.5. The predicted octanol–water partition coefficient (Wildman–Crippen LogP) is 7.51. The highest BCUT2D eigenvalue weighted by Gasteiger charge is 2.43. The first-order chi connectivity index (χ1) is 16.9. The van der Waals surface area contributed by atoms with Gasteiger partial charge in [-0.05, 0) is 49.9 Å². The summed E-state index contributed by atoms with van der Waals surface area (Å²) in [5.74, 6) is -0.297. The predicted molar refractivity (Wildman–Crippen MR) is 142 cm³/mol. The number of amidine groups is 1. The first-order valence-electron chi connectivity index (χ1n) is 11.8. The van der Waals surface area contributed by atoms with E-state index in [1.165, 1.54) is 0 Å². The fraction of sp³-hybridized carbons (Fsp3) is 0.200. The van der Waals surface area contributed by atoms with Gasteiger partial charge in [-0.1, -0.05) is 77.8 Å².